The second-order valence-corrected chi connectivity index (χ2v) is 6.16. The molecule has 0 aliphatic carbocycles. The first-order chi connectivity index (χ1) is 12.3. The molecular formula is C19H20N4O2. The molecule has 2 atom stereocenters. The van der Waals surface area contributed by atoms with Crippen molar-refractivity contribution in [2.45, 2.75) is 12.6 Å². The summed E-state index contributed by atoms with van der Waals surface area (Å²) in [6.45, 7) is 2.69. The Bertz CT molecular complexity index is 817. The molecule has 0 amide bonds. The van der Waals surface area contributed by atoms with Crippen LogP contribution in [0.25, 0.3) is 0 Å². The fourth-order valence-corrected chi connectivity index (χ4v) is 2.69. The van der Waals surface area contributed by atoms with E-state index in [1.165, 1.54) is 5.56 Å². The lowest BCUT2D eigenvalue weighted by Gasteiger charge is -2.08. The van der Waals surface area contributed by atoms with E-state index < -0.39 is 0 Å². The maximum absolute atomic E-state index is 5.87. The van der Waals surface area contributed by atoms with Crippen molar-refractivity contribution in [1.82, 2.24) is 19.7 Å². The molecule has 0 saturated carbocycles. The van der Waals surface area contributed by atoms with Crippen molar-refractivity contribution in [1.29, 1.82) is 0 Å². The first-order valence-electron chi connectivity index (χ1n) is 8.29. The van der Waals surface area contributed by atoms with Crippen LogP contribution in [0.1, 0.15) is 5.56 Å². The molecule has 0 bridgehead atoms. The molecule has 3 aromatic rings. The number of pyridine rings is 1. The van der Waals surface area contributed by atoms with E-state index in [1.807, 2.05) is 60.4 Å². The summed E-state index contributed by atoms with van der Waals surface area (Å²) in [4.78, 5) is 6.51. The van der Waals surface area contributed by atoms with Gasteiger partial charge in [0.15, 0.2) is 0 Å². The number of aromatic nitrogens is 3. The fraction of sp³-hybridized carbons (Fsp3) is 0.263. The Balaban J connectivity index is 1.24. The molecule has 0 spiro atoms. The Hall–Kier alpha value is -2.86. The first kappa shape index (κ1) is 15.7. The summed E-state index contributed by atoms with van der Waals surface area (Å²) in [7, 11) is 1.94. The van der Waals surface area contributed by atoms with Gasteiger partial charge in [-0.15, -0.1) is 0 Å². The maximum atomic E-state index is 5.87. The number of nitrogens with zero attached hydrogens (tertiary/aromatic N) is 4. The summed E-state index contributed by atoms with van der Waals surface area (Å²) >= 11 is 0. The molecule has 0 N–H and O–H groups in total. The number of aryl methyl sites for hydroxylation is 1. The maximum Gasteiger partial charge on any atom is 0.219 e. The lowest BCUT2D eigenvalue weighted by Crippen LogP contribution is -2.10. The van der Waals surface area contributed by atoms with Gasteiger partial charge in [-0.3, -0.25) is 9.58 Å². The van der Waals surface area contributed by atoms with E-state index in [9.17, 15) is 0 Å². The number of hydrogen-bond acceptors (Lipinski definition) is 5. The van der Waals surface area contributed by atoms with E-state index in [0.29, 0.717) is 18.5 Å². The molecule has 25 heavy (non-hydrogen) atoms. The van der Waals surface area contributed by atoms with Gasteiger partial charge < -0.3 is 9.47 Å². The molecule has 1 aliphatic rings. The highest BCUT2D eigenvalue weighted by molar-refractivity contribution is 5.33. The van der Waals surface area contributed by atoms with E-state index in [-0.39, 0.29) is 0 Å². The summed E-state index contributed by atoms with van der Waals surface area (Å²) in [5, 5.41) is 4.20. The van der Waals surface area contributed by atoms with Gasteiger partial charge in [-0.2, -0.15) is 5.10 Å². The number of hydrogen-bond donors (Lipinski definition) is 0. The minimum atomic E-state index is 0.477. The molecule has 1 aliphatic heterocycles. The van der Waals surface area contributed by atoms with E-state index >= 15 is 0 Å². The van der Waals surface area contributed by atoms with Gasteiger partial charge in [0.2, 0.25) is 5.88 Å². The quantitative estimate of drug-likeness (QED) is 0.621. The van der Waals surface area contributed by atoms with E-state index in [0.717, 1.165) is 24.6 Å². The average molecular weight is 336 g/mol. The minimum absolute atomic E-state index is 0.477. The first-order valence-corrected chi connectivity index (χ1v) is 8.29. The molecule has 3 heterocycles. The van der Waals surface area contributed by atoms with Crippen molar-refractivity contribution in [2.75, 3.05) is 13.2 Å². The SMILES string of the molecule is Cn1cc(CN2CC2COc2ccc(Oc3ccccn3)cc2)cn1. The fourth-order valence-electron chi connectivity index (χ4n) is 2.69. The molecule has 0 radical (unpaired) electrons. The Morgan fingerprint density at radius 1 is 1.12 bits per heavy atom. The van der Waals surface area contributed by atoms with Crippen LogP contribution in [-0.2, 0) is 13.6 Å². The van der Waals surface area contributed by atoms with Gasteiger partial charge in [0.25, 0.3) is 0 Å². The van der Waals surface area contributed by atoms with Crippen molar-refractivity contribution in [3.05, 3.63) is 66.6 Å². The average Bonchev–Trinajstić information content (AvgIpc) is 3.24. The summed E-state index contributed by atoms with van der Waals surface area (Å²) in [5.74, 6) is 2.18. The predicted molar refractivity (Wildman–Crippen MR) is 93.7 cm³/mol. The molecule has 2 aromatic heterocycles. The van der Waals surface area contributed by atoms with E-state index in [1.54, 1.807) is 6.20 Å². The van der Waals surface area contributed by atoms with Crippen molar-refractivity contribution >= 4 is 0 Å². The van der Waals surface area contributed by atoms with Crippen LogP contribution in [-0.4, -0.2) is 38.9 Å². The third-order valence-corrected chi connectivity index (χ3v) is 4.10. The lowest BCUT2D eigenvalue weighted by molar-refractivity contribution is 0.292. The van der Waals surface area contributed by atoms with Gasteiger partial charge >= 0.3 is 0 Å². The van der Waals surface area contributed by atoms with Crippen LogP contribution in [0.2, 0.25) is 0 Å². The van der Waals surface area contributed by atoms with Crippen LogP contribution in [0.4, 0.5) is 0 Å². The smallest absolute Gasteiger partial charge is 0.219 e. The Morgan fingerprint density at radius 3 is 2.68 bits per heavy atom. The molecule has 1 fully saturated rings. The van der Waals surface area contributed by atoms with E-state index in [4.69, 9.17) is 9.47 Å². The van der Waals surface area contributed by atoms with Crippen molar-refractivity contribution < 1.29 is 9.47 Å². The van der Waals surface area contributed by atoms with Crippen LogP contribution < -0.4 is 9.47 Å². The van der Waals surface area contributed by atoms with Crippen molar-refractivity contribution in [2.24, 2.45) is 7.05 Å². The zero-order chi connectivity index (χ0) is 17.1. The van der Waals surface area contributed by atoms with Crippen LogP contribution >= 0.6 is 0 Å². The van der Waals surface area contributed by atoms with Crippen molar-refractivity contribution in [3.8, 4) is 17.4 Å². The van der Waals surface area contributed by atoms with Gasteiger partial charge in [0.05, 0.1) is 12.2 Å². The molecule has 128 valence electrons. The van der Waals surface area contributed by atoms with Crippen LogP contribution in [0.15, 0.2) is 61.1 Å². The molecule has 2 unspecified atom stereocenters. The van der Waals surface area contributed by atoms with Gasteiger partial charge in [-0.25, -0.2) is 4.98 Å². The summed E-state index contributed by atoms with van der Waals surface area (Å²) in [5.41, 5.74) is 1.24. The van der Waals surface area contributed by atoms with Gasteiger partial charge in [-0.1, -0.05) is 6.07 Å². The molecule has 1 aromatic carbocycles. The van der Waals surface area contributed by atoms with E-state index in [2.05, 4.69) is 21.2 Å². The Labute approximate surface area is 146 Å². The standard InChI is InChI=1S/C19H20N4O2/c1-22-11-15(10-21-22)12-23-13-16(23)14-24-17-5-7-18(8-6-17)25-19-4-2-3-9-20-19/h2-11,16H,12-14H2,1H3. The second kappa shape index (κ2) is 6.94. The minimum Gasteiger partial charge on any atom is -0.492 e. The van der Waals surface area contributed by atoms with Gasteiger partial charge in [0.1, 0.15) is 18.1 Å². The molecule has 4 rings (SSSR count). The summed E-state index contributed by atoms with van der Waals surface area (Å²) < 4.78 is 13.4. The van der Waals surface area contributed by atoms with Crippen LogP contribution in [0, 0.1) is 0 Å². The van der Waals surface area contributed by atoms with Crippen LogP contribution in [0.3, 0.4) is 0 Å². The Kier molecular flexibility index (Phi) is 4.35. The summed E-state index contributed by atoms with van der Waals surface area (Å²) in [6, 6.07) is 13.7. The monoisotopic (exact) mass is 336 g/mol. The van der Waals surface area contributed by atoms with Crippen molar-refractivity contribution in [3.63, 3.8) is 0 Å². The third kappa shape index (κ3) is 4.16. The topological polar surface area (TPSA) is 52.2 Å². The lowest BCUT2D eigenvalue weighted by atomic mass is 10.3. The van der Waals surface area contributed by atoms with Crippen LogP contribution in [0.5, 0.6) is 17.4 Å². The Morgan fingerprint density at radius 2 is 1.96 bits per heavy atom. The normalized spacial score (nSPS) is 18.8. The molecule has 1 saturated heterocycles. The number of benzene rings is 1. The zero-order valence-electron chi connectivity index (χ0n) is 14.1. The summed E-state index contributed by atoms with van der Waals surface area (Å²) in [6.07, 6.45) is 5.67. The molecular weight excluding hydrogens is 316 g/mol. The highest BCUT2D eigenvalue weighted by Crippen LogP contribution is 2.25. The molecule has 6 nitrogen and oxygen atoms in total. The number of ether oxygens (including phenoxy) is 2. The highest BCUT2D eigenvalue weighted by Gasteiger charge is 2.34. The predicted octanol–water partition coefficient (Wildman–Crippen LogP) is 2.87. The largest absolute Gasteiger partial charge is 0.492 e. The third-order valence-electron chi connectivity index (χ3n) is 4.10. The highest BCUT2D eigenvalue weighted by atomic mass is 16.5. The zero-order valence-corrected chi connectivity index (χ0v) is 14.1. The molecule has 6 heteroatoms. The van der Waals surface area contributed by atoms with Gasteiger partial charge in [0, 0.05) is 44.2 Å². The van der Waals surface area contributed by atoms with Gasteiger partial charge in [-0.05, 0) is 30.3 Å². The second-order valence-electron chi connectivity index (χ2n) is 6.16. The number of rotatable bonds is 7.